The fourth-order valence-corrected chi connectivity index (χ4v) is 6.34. The van der Waals surface area contributed by atoms with E-state index in [2.05, 4.69) is 45.0 Å². The zero-order valence-corrected chi connectivity index (χ0v) is 23.9. The maximum absolute atomic E-state index is 14.7. The van der Waals surface area contributed by atoms with Crippen LogP contribution in [0.25, 0.3) is 0 Å². The Morgan fingerprint density at radius 2 is 1.95 bits per heavy atom. The largest absolute Gasteiger partial charge is 0.444 e. The molecule has 3 aromatic rings. The molecule has 3 aliphatic heterocycles. The number of halogens is 3. The number of aryl methyl sites for hydroxylation is 1. The molecule has 2 fully saturated rings. The number of imidazole rings is 1. The van der Waals surface area contributed by atoms with E-state index in [1.165, 1.54) is 9.77 Å². The van der Waals surface area contributed by atoms with Crippen LogP contribution in [0.15, 0.2) is 36.4 Å². The van der Waals surface area contributed by atoms with E-state index in [9.17, 15) is 4.39 Å². The molecule has 0 bridgehead atoms. The topological polar surface area (TPSA) is 48.8 Å². The minimum atomic E-state index is -1.23. The zero-order chi connectivity index (χ0) is 25.7. The molecule has 0 unspecified atom stereocenters. The summed E-state index contributed by atoms with van der Waals surface area (Å²) in [5, 5.41) is 0.344. The first-order chi connectivity index (χ1) is 17.8. The Morgan fingerprint density at radius 1 is 1.16 bits per heavy atom. The van der Waals surface area contributed by atoms with Gasteiger partial charge in [-0.1, -0.05) is 23.7 Å². The molecule has 0 saturated carbocycles. The molecule has 2 aromatic carbocycles. The second kappa shape index (κ2) is 10.0. The summed E-state index contributed by atoms with van der Waals surface area (Å²) in [5.74, 6) is 1.17. The van der Waals surface area contributed by atoms with Crippen molar-refractivity contribution >= 4 is 34.2 Å². The van der Waals surface area contributed by atoms with Crippen LogP contribution in [0, 0.1) is 16.4 Å². The first kappa shape index (κ1) is 25.4. The molecule has 0 amide bonds. The van der Waals surface area contributed by atoms with Gasteiger partial charge in [0.05, 0.1) is 30.5 Å². The molecular weight excluding hydrogens is 608 g/mol. The number of likely N-dealkylation sites (tertiary alicyclic amines) is 1. The number of rotatable bonds is 6. The van der Waals surface area contributed by atoms with Crippen molar-refractivity contribution in [3.05, 3.63) is 73.6 Å². The van der Waals surface area contributed by atoms with Gasteiger partial charge in [0.2, 0.25) is 0 Å². The Bertz CT molecular complexity index is 1320. The average molecular weight is 638 g/mol. The maximum Gasteiger partial charge on any atom is 0.278 e. The summed E-state index contributed by atoms with van der Waals surface area (Å²) >= 11 is 8.36. The van der Waals surface area contributed by atoms with Gasteiger partial charge in [-0.15, -0.1) is 0 Å². The number of benzene rings is 2. The van der Waals surface area contributed by atoms with Crippen molar-refractivity contribution in [2.24, 2.45) is 0 Å². The lowest BCUT2D eigenvalue weighted by atomic mass is 9.88. The lowest BCUT2D eigenvalue weighted by molar-refractivity contribution is -0.0712. The number of fused-ring (bicyclic) bond motifs is 1. The summed E-state index contributed by atoms with van der Waals surface area (Å²) in [5.41, 5.74) is 2.55. The highest BCUT2D eigenvalue weighted by Gasteiger charge is 2.43. The smallest absolute Gasteiger partial charge is 0.278 e. The van der Waals surface area contributed by atoms with E-state index in [0.29, 0.717) is 28.4 Å². The predicted molar refractivity (Wildman–Crippen MR) is 148 cm³/mol. The number of piperidine rings is 1. The summed E-state index contributed by atoms with van der Waals surface area (Å²) in [6.07, 6.45) is 3.44. The lowest BCUT2D eigenvalue weighted by Gasteiger charge is -2.33. The van der Waals surface area contributed by atoms with Gasteiger partial charge in [-0.2, -0.15) is 0 Å². The number of ether oxygens (including phenoxy) is 3. The molecule has 0 radical (unpaired) electrons. The minimum absolute atomic E-state index is 0.307. The van der Waals surface area contributed by atoms with E-state index in [1.807, 2.05) is 12.1 Å². The van der Waals surface area contributed by atoms with E-state index in [0.717, 1.165) is 74.9 Å². The molecule has 9 heteroatoms. The first-order valence-corrected chi connectivity index (χ1v) is 14.3. The van der Waals surface area contributed by atoms with Gasteiger partial charge in [0.25, 0.3) is 5.79 Å². The van der Waals surface area contributed by atoms with Crippen LogP contribution in [0.5, 0.6) is 11.5 Å². The monoisotopic (exact) mass is 637 g/mol. The summed E-state index contributed by atoms with van der Waals surface area (Å²) in [6.45, 7) is 8.36. The van der Waals surface area contributed by atoms with Crippen LogP contribution >= 0.6 is 34.2 Å². The summed E-state index contributed by atoms with van der Waals surface area (Å²) in [7, 11) is 0. The van der Waals surface area contributed by atoms with Crippen molar-refractivity contribution in [3.8, 4) is 11.5 Å². The molecule has 196 valence electrons. The van der Waals surface area contributed by atoms with Crippen molar-refractivity contribution in [2.45, 2.75) is 64.0 Å². The Morgan fingerprint density at radius 3 is 2.65 bits per heavy atom. The van der Waals surface area contributed by atoms with Crippen LogP contribution in [0.2, 0.25) is 5.02 Å². The fraction of sp³-hybridized carbons (Fsp3) is 0.464. The first-order valence-electron chi connectivity index (χ1n) is 12.8. The third kappa shape index (κ3) is 4.86. The summed E-state index contributed by atoms with van der Waals surface area (Å²) < 4.78 is 36.5. The SMILES string of the molecule is Cc1nc(CN2CCC(c3cccc4c3O[C@@](C)(c3ccc(Cl)cc3F)O4)CC2)n(C[C@@H]2CCO2)c1I. The quantitative estimate of drug-likeness (QED) is 0.293. The van der Waals surface area contributed by atoms with E-state index in [4.69, 9.17) is 30.8 Å². The Labute approximate surface area is 235 Å². The molecule has 1 aromatic heterocycles. The van der Waals surface area contributed by atoms with Gasteiger partial charge in [-0.25, -0.2) is 9.37 Å². The van der Waals surface area contributed by atoms with Crippen LogP contribution in [0.1, 0.15) is 54.7 Å². The summed E-state index contributed by atoms with van der Waals surface area (Å²) in [4.78, 5) is 7.37. The second-order valence-corrected chi connectivity index (χ2v) is 11.8. The molecule has 2 saturated heterocycles. The third-order valence-corrected chi connectivity index (χ3v) is 9.35. The van der Waals surface area contributed by atoms with Crippen LogP contribution in [0.3, 0.4) is 0 Å². The molecule has 6 nitrogen and oxygen atoms in total. The molecule has 0 spiro atoms. The molecule has 2 atom stereocenters. The van der Waals surface area contributed by atoms with E-state index in [1.54, 1.807) is 19.1 Å². The summed E-state index contributed by atoms with van der Waals surface area (Å²) in [6, 6.07) is 10.6. The molecule has 3 aliphatic rings. The molecule has 4 heterocycles. The number of aromatic nitrogens is 2. The van der Waals surface area contributed by atoms with Crippen LogP contribution in [0.4, 0.5) is 4.39 Å². The van der Waals surface area contributed by atoms with Crippen LogP contribution in [-0.4, -0.2) is 40.3 Å². The highest BCUT2D eigenvalue weighted by molar-refractivity contribution is 14.1. The minimum Gasteiger partial charge on any atom is -0.444 e. The Balaban J connectivity index is 1.15. The number of nitrogens with zero attached hydrogens (tertiary/aromatic N) is 3. The number of hydrogen-bond acceptors (Lipinski definition) is 5. The predicted octanol–water partition coefficient (Wildman–Crippen LogP) is 6.40. The highest BCUT2D eigenvalue weighted by Crippen LogP contribution is 2.49. The van der Waals surface area contributed by atoms with Crippen molar-refractivity contribution in [1.82, 2.24) is 14.5 Å². The van der Waals surface area contributed by atoms with Gasteiger partial charge in [0.15, 0.2) is 11.5 Å². The third-order valence-electron chi connectivity index (χ3n) is 7.75. The molecule has 6 rings (SSSR count). The van der Waals surface area contributed by atoms with E-state index in [-0.39, 0.29) is 0 Å². The molecule has 0 aliphatic carbocycles. The van der Waals surface area contributed by atoms with Crippen molar-refractivity contribution in [3.63, 3.8) is 0 Å². The Kier molecular flexibility index (Phi) is 6.88. The standard InChI is InChI=1S/C28H30ClFIN3O3/c1-17-27(31)34(15-20-10-13-35-20)25(32-17)16-33-11-8-18(9-12-33)21-4-3-5-24-26(21)37-28(2,36-24)22-7-6-19(29)14-23(22)30/h3-7,14,18,20H,8-13,15-16H2,1-2H3/t20-,28-/m0/s1. The maximum atomic E-state index is 14.7. The lowest BCUT2D eigenvalue weighted by Crippen LogP contribution is -2.35. The van der Waals surface area contributed by atoms with Crippen molar-refractivity contribution < 1.29 is 18.6 Å². The average Bonchev–Trinajstić information content (AvgIpc) is 3.32. The normalized spacial score (nSPS) is 23.9. The number of hydrogen-bond donors (Lipinski definition) is 0. The zero-order valence-electron chi connectivity index (χ0n) is 21.0. The van der Waals surface area contributed by atoms with Crippen molar-refractivity contribution in [1.29, 1.82) is 0 Å². The van der Waals surface area contributed by atoms with Gasteiger partial charge in [0.1, 0.15) is 15.3 Å². The van der Waals surface area contributed by atoms with Gasteiger partial charge < -0.3 is 18.8 Å². The highest BCUT2D eigenvalue weighted by atomic mass is 127. The van der Waals surface area contributed by atoms with Crippen LogP contribution in [-0.2, 0) is 23.6 Å². The van der Waals surface area contributed by atoms with Gasteiger partial charge in [0, 0.05) is 24.1 Å². The van der Waals surface area contributed by atoms with Crippen LogP contribution < -0.4 is 9.47 Å². The van der Waals surface area contributed by atoms with Gasteiger partial charge >= 0.3 is 0 Å². The molecular formula is C28H30ClFIN3O3. The van der Waals surface area contributed by atoms with Crippen molar-refractivity contribution in [2.75, 3.05) is 19.7 Å². The molecule has 37 heavy (non-hydrogen) atoms. The Hall–Kier alpha value is -1.88. The van der Waals surface area contributed by atoms with Gasteiger partial charge in [-0.3, -0.25) is 4.90 Å². The molecule has 0 N–H and O–H groups in total. The van der Waals surface area contributed by atoms with Gasteiger partial charge in [-0.05, 0) is 92.0 Å². The van der Waals surface area contributed by atoms with E-state index < -0.39 is 11.6 Å². The number of para-hydroxylation sites is 1. The van der Waals surface area contributed by atoms with E-state index >= 15 is 0 Å². The fourth-order valence-electron chi connectivity index (χ4n) is 5.59. The second-order valence-electron chi connectivity index (χ2n) is 10.3.